The maximum absolute atomic E-state index is 14.2. The number of benzene rings is 1. The summed E-state index contributed by atoms with van der Waals surface area (Å²) in [5.41, 5.74) is 0.659. The number of anilines is 1. The van der Waals surface area contributed by atoms with Crippen molar-refractivity contribution < 1.29 is 36.7 Å². The molecular weight excluding hydrogens is 679 g/mol. The van der Waals surface area contributed by atoms with E-state index in [4.69, 9.17) is 16.3 Å². The van der Waals surface area contributed by atoms with Gasteiger partial charge in [-0.25, -0.2) is 18.2 Å². The Labute approximate surface area is 289 Å². The van der Waals surface area contributed by atoms with Gasteiger partial charge < -0.3 is 20.3 Å². The molecule has 6 rings (SSSR count). The van der Waals surface area contributed by atoms with Crippen molar-refractivity contribution in [1.29, 1.82) is 0 Å². The first kappa shape index (κ1) is 34.9. The number of hydrogen-bond acceptors (Lipinski definition) is 9. The van der Waals surface area contributed by atoms with Crippen molar-refractivity contribution in [3.05, 3.63) is 58.6 Å². The van der Waals surface area contributed by atoms with E-state index in [1.807, 2.05) is 13.0 Å². The van der Waals surface area contributed by atoms with Gasteiger partial charge in [-0.2, -0.15) is 4.39 Å². The average molecular weight is 719 g/mol. The lowest BCUT2D eigenvalue weighted by Crippen LogP contribution is -2.58. The van der Waals surface area contributed by atoms with Crippen LogP contribution in [0.3, 0.4) is 0 Å². The van der Waals surface area contributed by atoms with Crippen molar-refractivity contribution in [2.24, 2.45) is 11.8 Å². The summed E-state index contributed by atoms with van der Waals surface area (Å²) in [6.45, 7) is 5.89. The van der Waals surface area contributed by atoms with Crippen LogP contribution in [-0.4, -0.2) is 82.5 Å². The molecule has 3 N–H and O–H groups in total. The van der Waals surface area contributed by atoms with E-state index in [0.29, 0.717) is 36.5 Å². The maximum atomic E-state index is 14.2. The minimum atomic E-state index is -3.87. The molecule has 16 heteroatoms. The monoisotopic (exact) mass is 718 g/mol. The van der Waals surface area contributed by atoms with Crippen molar-refractivity contribution in [3.8, 4) is 0 Å². The summed E-state index contributed by atoms with van der Waals surface area (Å²) in [4.78, 5) is 61.5. The lowest BCUT2D eigenvalue weighted by atomic mass is 10.0. The molecule has 1 aromatic carbocycles. The molecule has 264 valence electrons. The van der Waals surface area contributed by atoms with E-state index in [1.54, 1.807) is 26.0 Å². The zero-order valence-corrected chi connectivity index (χ0v) is 29.0. The highest BCUT2D eigenvalue weighted by Crippen LogP contribution is 2.47. The maximum Gasteiger partial charge on any atom is 0.410 e. The van der Waals surface area contributed by atoms with E-state index in [-0.39, 0.29) is 37.8 Å². The summed E-state index contributed by atoms with van der Waals surface area (Å²) in [5.74, 6) is -3.21. The topological polar surface area (TPSA) is 167 Å². The molecule has 2 aliphatic carbocycles. The average Bonchev–Trinajstić information content (AvgIpc) is 3.94. The van der Waals surface area contributed by atoms with Gasteiger partial charge in [-0.05, 0) is 60.4 Å². The SMILES string of the molecule is CC[C@@H]1C[C@]1(NC(=O)[C@@H]1CC(OC(=O)N2Cc3cccc(Cl)c3C2)CN1C(=O)[C@@H](Nc1ccc(F)nc1)C(C)C)C(=O)NS(=O)(=O)C1CC1. The van der Waals surface area contributed by atoms with E-state index in [9.17, 15) is 32.0 Å². The smallest absolute Gasteiger partial charge is 0.410 e. The molecule has 0 radical (unpaired) electrons. The Morgan fingerprint density at radius 2 is 1.90 bits per heavy atom. The first-order valence-corrected chi connectivity index (χ1v) is 18.4. The Bertz CT molecular complexity index is 1760. The highest BCUT2D eigenvalue weighted by atomic mass is 35.5. The molecular formula is C33H40ClFN6O7S. The molecule has 2 saturated carbocycles. The fourth-order valence-corrected chi connectivity index (χ4v) is 8.35. The largest absolute Gasteiger partial charge is 0.444 e. The Hall–Kier alpha value is -3.98. The van der Waals surface area contributed by atoms with Gasteiger partial charge in [-0.15, -0.1) is 0 Å². The third-order valence-corrected chi connectivity index (χ3v) is 12.0. The molecule has 3 heterocycles. The summed E-state index contributed by atoms with van der Waals surface area (Å²) in [6, 6.07) is 6.01. The van der Waals surface area contributed by atoms with Crippen molar-refractivity contribution in [3.63, 3.8) is 0 Å². The van der Waals surface area contributed by atoms with Crippen LogP contribution in [0.1, 0.15) is 64.0 Å². The number of likely N-dealkylation sites (tertiary alicyclic amines) is 1. The van der Waals surface area contributed by atoms with E-state index in [2.05, 4.69) is 20.3 Å². The Balaban J connectivity index is 1.22. The van der Waals surface area contributed by atoms with Crippen molar-refractivity contribution in [2.75, 3.05) is 11.9 Å². The fourth-order valence-electron chi connectivity index (χ4n) is 6.73. The van der Waals surface area contributed by atoms with Crippen LogP contribution in [0.15, 0.2) is 36.5 Å². The number of hydrogen-bond donors (Lipinski definition) is 3. The van der Waals surface area contributed by atoms with Gasteiger partial charge in [0.2, 0.25) is 27.8 Å². The third kappa shape index (κ3) is 7.18. The van der Waals surface area contributed by atoms with Crippen molar-refractivity contribution in [2.45, 2.75) is 94.9 Å². The van der Waals surface area contributed by atoms with E-state index < -0.39 is 68.8 Å². The molecule has 1 aromatic heterocycles. The standard InChI is InChI=1S/C33H40ClFN6O7S/c1-4-20-13-33(20,31(44)39-49(46,47)23-9-10-23)38-29(42)26-12-22(48-32(45)40-15-19-6-5-7-25(34)24(19)17-40)16-41(26)30(43)28(18(2)3)37-21-8-11-27(35)36-14-21/h5-8,11,14,18,20,22-23,26,28,37H,4,9-10,12-13,15-17H2,1-3H3,(H,38,42)(H,39,44)/t20-,22?,26+,28+,33-/m1/s1. The minimum Gasteiger partial charge on any atom is -0.444 e. The molecule has 0 bridgehead atoms. The Morgan fingerprint density at radius 1 is 1.14 bits per heavy atom. The van der Waals surface area contributed by atoms with Crippen LogP contribution in [-0.2, 0) is 42.2 Å². The summed E-state index contributed by atoms with van der Waals surface area (Å²) in [6.07, 6.45) is 1.39. The number of sulfonamides is 1. The fraction of sp³-hybridized carbons (Fsp3) is 0.545. The first-order chi connectivity index (χ1) is 23.2. The number of aromatic nitrogens is 1. The number of amides is 4. The number of rotatable bonds is 11. The van der Waals surface area contributed by atoms with Crippen molar-refractivity contribution in [1.82, 2.24) is 24.8 Å². The minimum absolute atomic E-state index is 0.0529. The van der Waals surface area contributed by atoms with Crippen LogP contribution in [0.4, 0.5) is 14.9 Å². The molecule has 2 aromatic rings. The van der Waals surface area contributed by atoms with Crippen molar-refractivity contribution >= 4 is 51.1 Å². The first-order valence-electron chi connectivity index (χ1n) is 16.5. The number of halogens is 2. The molecule has 2 aliphatic heterocycles. The zero-order valence-electron chi connectivity index (χ0n) is 27.4. The van der Waals surface area contributed by atoms with E-state index >= 15 is 0 Å². The lowest BCUT2D eigenvalue weighted by molar-refractivity contribution is -0.140. The third-order valence-electron chi connectivity index (χ3n) is 9.83. The van der Waals surface area contributed by atoms with Crippen LogP contribution in [0.25, 0.3) is 0 Å². The van der Waals surface area contributed by atoms with Crippen LogP contribution >= 0.6 is 11.6 Å². The highest BCUT2D eigenvalue weighted by molar-refractivity contribution is 7.91. The van der Waals surface area contributed by atoms with Gasteiger partial charge in [0.1, 0.15) is 23.7 Å². The van der Waals surface area contributed by atoms with Gasteiger partial charge in [0.05, 0.1) is 30.2 Å². The van der Waals surface area contributed by atoms with Crippen LogP contribution < -0.4 is 15.4 Å². The number of carbonyl (C=O) groups excluding carboxylic acids is 4. The van der Waals surface area contributed by atoms with E-state index in [1.165, 1.54) is 22.1 Å². The number of fused-ring (bicyclic) bond motifs is 1. The molecule has 1 saturated heterocycles. The summed E-state index contributed by atoms with van der Waals surface area (Å²) < 4.78 is 46.8. The van der Waals surface area contributed by atoms with Gasteiger partial charge in [0, 0.05) is 18.0 Å². The predicted molar refractivity (Wildman–Crippen MR) is 177 cm³/mol. The number of pyridine rings is 1. The predicted octanol–water partition coefficient (Wildman–Crippen LogP) is 3.33. The highest BCUT2D eigenvalue weighted by Gasteiger charge is 2.62. The number of carbonyl (C=O) groups is 4. The summed E-state index contributed by atoms with van der Waals surface area (Å²) in [7, 11) is -3.87. The van der Waals surface area contributed by atoms with Crippen LogP contribution in [0, 0.1) is 17.8 Å². The van der Waals surface area contributed by atoms with Gasteiger partial charge >= 0.3 is 6.09 Å². The zero-order chi connectivity index (χ0) is 35.2. The second kappa shape index (κ2) is 13.4. The summed E-state index contributed by atoms with van der Waals surface area (Å²) >= 11 is 6.34. The van der Waals surface area contributed by atoms with E-state index in [0.717, 1.165) is 17.2 Å². The molecule has 4 amide bonds. The molecule has 4 aliphatic rings. The molecule has 3 fully saturated rings. The Kier molecular flexibility index (Phi) is 9.52. The number of ether oxygens (including phenoxy) is 1. The lowest BCUT2D eigenvalue weighted by Gasteiger charge is -2.31. The molecule has 5 atom stereocenters. The van der Waals surface area contributed by atoms with Crippen LogP contribution in [0.5, 0.6) is 0 Å². The van der Waals surface area contributed by atoms with Gasteiger partial charge in [0.25, 0.3) is 5.91 Å². The normalized spacial score (nSPS) is 25.1. The molecule has 1 unspecified atom stereocenters. The number of nitrogens with zero attached hydrogens (tertiary/aromatic N) is 3. The quantitative estimate of drug-likeness (QED) is 0.296. The second-order valence-corrected chi connectivity index (χ2v) is 16.0. The molecule has 13 nitrogen and oxygen atoms in total. The Morgan fingerprint density at radius 3 is 2.51 bits per heavy atom. The molecule has 49 heavy (non-hydrogen) atoms. The van der Waals surface area contributed by atoms with Gasteiger partial charge in [-0.3, -0.25) is 24.0 Å². The molecule has 0 spiro atoms. The second-order valence-electron chi connectivity index (χ2n) is 13.7. The van der Waals surface area contributed by atoms with Gasteiger partial charge in [0.15, 0.2) is 0 Å². The summed E-state index contributed by atoms with van der Waals surface area (Å²) in [5, 5.41) is 5.80. The number of nitrogens with one attached hydrogen (secondary N) is 3. The van der Waals surface area contributed by atoms with Gasteiger partial charge in [-0.1, -0.05) is 50.9 Å². The van der Waals surface area contributed by atoms with Crippen LogP contribution in [0.2, 0.25) is 5.02 Å².